The topological polar surface area (TPSA) is 38.9 Å². The molecule has 1 unspecified atom stereocenters. The lowest BCUT2D eigenvalue weighted by Gasteiger charge is -2.05. The molecule has 0 aromatic carbocycles. The van der Waals surface area contributed by atoms with Crippen LogP contribution < -0.4 is 5.73 Å². The van der Waals surface area contributed by atoms with E-state index in [1.165, 1.54) is 5.56 Å². The van der Waals surface area contributed by atoms with Crippen molar-refractivity contribution in [1.82, 2.24) is 4.98 Å². The quantitative estimate of drug-likeness (QED) is 0.621. The Balaban J connectivity index is 3.05. The number of rotatable bonds is 1. The summed E-state index contributed by atoms with van der Waals surface area (Å²) in [7, 11) is 0. The maximum absolute atomic E-state index is 5.69. The first kappa shape index (κ1) is 8.93. The van der Waals surface area contributed by atoms with E-state index in [9.17, 15) is 0 Å². The number of nitrogens with two attached hydrogens (primary N) is 1. The zero-order valence-electron chi connectivity index (χ0n) is 6.63. The maximum Gasteiger partial charge on any atom is 0.104 e. The number of hydrogen-bond donors (Lipinski definition) is 1. The minimum absolute atomic E-state index is 0.0817. The van der Waals surface area contributed by atoms with Gasteiger partial charge in [0.2, 0.25) is 0 Å². The molecule has 0 aliphatic rings. The van der Waals surface area contributed by atoms with E-state index < -0.39 is 0 Å². The summed E-state index contributed by atoms with van der Waals surface area (Å²) in [6.07, 6.45) is 1.83. The van der Waals surface area contributed by atoms with Crippen molar-refractivity contribution in [3.8, 4) is 0 Å². The number of pyridine rings is 1. The molecule has 1 aromatic heterocycles. The molecule has 0 spiro atoms. The second-order valence-corrected chi connectivity index (χ2v) is 3.69. The van der Waals surface area contributed by atoms with Gasteiger partial charge in [0.1, 0.15) is 3.70 Å². The molecule has 2 N–H and O–H groups in total. The monoisotopic (exact) mass is 262 g/mol. The van der Waals surface area contributed by atoms with Gasteiger partial charge in [-0.25, -0.2) is 4.98 Å². The van der Waals surface area contributed by atoms with Crippen LogP contribution in [-0.2, 0) is 0 Å². The van der Waals surface area contributed by atoms with Crippen LogP contribution in [0.2, 0.25) is 0 Å². The van der Waals surface area contributed by atoms with Gasteiger partial charge in [-0.1, -0.05) is 6.07 Å². The summed E-state index contributed by atoms with van der Waals surface area (Å²) >= 11 is 2.21. The molecular formula is C8H11IN2. The molecule has 0 bridgehead atoms. The first-order valence-corrected chi connectivity index (χ1v) is 4.56. The first-order chi connectivity index (χ1) is 5.11. The van der Waals surface area contributed by atoms with E-state index >= 15 is 0 Å². The Bertz CT molecular complexity index is 258. The Kier molecular flexibility index (Phi) is 2.84. The molecule has 0 aliphatic heterocycles. The molecule has 0 fully saturated rings. The fraction of sp³-hybridized carbons (Fsp3) is 0.375. The number of hydrogen-bond acceptors (Lipinski definition) is 2. The van der Waals surface area contributed by atoms with Crippen molar-refractivity contribution in [2.24, 2.45) is 5.73 Å². The minimum Gasteiger partial charge on any atom is -0.324 e. The van der Waals surface area contributed by atoms with Gasteiger partial charge in [0.15, 0.2) is 0 Å². The maximum atomic E-state index is 5.69. The normalized spacial score (nSPS) is 13.1. The molecule has 1 heterocycles. The summed E-state index contributed by atoms with van der Waals surface area (Å²) in [5.74, 6) is 0. The van der Waals surface area contributed by atoms with Crippen molar-refractivity contribution in [3.05, 3.63) is 27.1 Å². The van der Waals surface area contributed by atoms with E-state index in [1.807, 2.05) is 20.0 Å². The lowest BCUT2D eigenvalue weighted by Crippen LogP contribution is -2.06. The molecule has 11 heavy (non-hydrogen) atoms. The molecule has 0 radical (unpaired) electrons. The van der Waals surface area contributed by atoms with Crippen LogP contribution in [-0.4, -0.2) is 4.98 Å². The Morgan fingerprint density at radius 2 is 2.27 bits per heavy atom. The Morgan fingerprint density at radius 1 is 1.64 bits per heavy atom. The fourth-order valence-corrected chi connectivity index (χ4v) is 1.12. The van der Waals surface area contributed by atoms with Crippen molar-refractivity contribution in [1.29, 1.82) is 0 Å². The van der Waals surface area contributed by atoms with E-state index in [2.05, 4.69) is 33.6 Å². The Labute approximate surface area is 80.3 Å². The highest BCUT2D eigenvalue weighted by Crippen LogP contribution is 2.13. The second kappa shape index (κ2) is 3.49. The molecule has 0 saturated carbocycles. The highest BCUT2D eigenvalue weighted by molar-refractivity contribution is 14.1. The first-order valence-electron chi connectivity index (χ1n) is 3.49. The van der Waals surface area contributed by atoms with Crippen molar-refractivity contribution in [2.75, 3.05) is 0 Å². The van der Waals surface area contributed by atoms with Crippen LogP contribution in [0.25, 0.3) is 0 Å². The molecular weight excluding hydrogens is 251 g/mol. The Hall–Kier alpha value is -0.160. The molecule has 0 amide bonds. The van der Waals surface area contributed by atoms with Gasteiger partial charge < -0.3 is 5.73 Å². The molecule has 0 aliphatic carbocycles. The van der Waals surface area contributed by atoms with Gasteiger partial charge in [-0.15, -0.1) is 0 Å². The number of aryl methyl sites for hydroxylation is 1. The highest BCUT2D eigenvalue weighted by atomic mass is 127. The van der Waals surface area contributed by atoms with Crippen molar-refractivity contribution >= 4 is 22.6 Å². The van der Waals surface area contributed by atoms with Crippen LogP contribution >= 0.6 is 22.6 Å². The average Bonchev–Trinajstić information content (AvgIpc) is 1.94. The van der Waals surface area contributed by atoms with Crippen LogP contribution in [0.1, 0.15) is 24.1 Å². The standard InChI is InChI=1S/C8H11IN2/c1-5-3-7(6(2)10)4-11-8(5)9/h3-4,6H,10H2,1-2H3. The third kappa shape index (κ3) is 2.13. The van der Waals surface area contributed by atoms with Gasteiger partial charge in [-0.05, 0) is 47.6 Å². The van der Waals surface area contributed by atoms with E-state index in [4.69, 9.17) is 5.73 Å². The number of halogens is 1. The van der Waals surface area contributed by atoms with Crippen molar-refractivity contribution < 1.29 is 0 Å². The van der Waals surface area contributed by atoms with Crippen molar-refractivity contribution in [2.45, 2.75) is 19.9 Å². The third-order valence-electron chi connectivity index (χ3n) is 1.56. The summed E-state index contributed by atoms with van der Waals surface area (Å²) < 4.78 is 1.05. The van der Waals surface area contributed by atoms with E-state index in [-0.39, 0.29) is 6.04 Å². The van der Waals surface area contributed by atoms with Crippen molar-refractivity contribution in [3.63, 3.8) is 0 Å². The summed E-state index contributed by atoms with van der Waals surface area (Å²) in [5, 5.41) is 0. The van der Waals surface area contributed by atoms with E-state index in [1.54, 1.807) is 0 Å². The summed E-state index contributed by atoms with van der Waals surface area (Å²) in [5.41, 5.74) is 7.98. The number of aromatic nitrogens is 1. The van der Waals surface area contributed by atoms with Crippen LogP contribution in [0, 0.1) is 10.6 Å². The van der Waals surface area contributed by atoms with Gasteiger partial charge in [-0.2, -0.15) is 0 Å². The van der Waals surface area contributed by atoms with Gasteiger partial charge in [-0.3, -0.25) is 0 Å². The number of nitrogens with zero attached hydrogens (tertiary/aromatic N) is 1. The van der Waals surface area contributed by atoms with Crippen LogP contribution in [0.15, 0.2) is 12.3 Å². The summed E-state index contributed by atoms with van der Waals surface area (Å²) in [4.78, 5) is 4.21. The molecule has 60 valence electrons. The van der Waals surface area contributed by atoms with E-state index in [0.717, 1.165) is 9.26 Å². The molecule has 1 rings (SSSR count). The SMILES string of the molecule is Cc1cc(C(C)N)cnc1I. The van der Waals surface area contributed by atoms with E-state index in [0.29, 0.717) is 0 Å². The summed E-state index contributed by atoms with van der Waals surface area (Å²) in [6.45, 7) is 4.00. The molecule has 1 atom stereocenters. The lowest BCUT2D eigenvalue weighted by atomic mass is 10.1. The second-order valence-electron chi connectivity index (χ2n) is 2.67. The lowest BCUT2D eigenvalue weighted by molar-refractivity contribution is 0.808. The third-order valence-corrected chi connectivity index (χ3v) is 2.69. The van der Waals surface area contributed by atoms with Gasteiger partial charge >= 0.3 is 0 Å². The highest BCUT2D eigenvalue weighted by Gasteiger charge is 2.01. The predicted octanol–water partition coefficient (Wildman–Crippen LogP) is 2.01. The molecule has 1 aromatic rings. The van der Waals surface area contributed by atoms with Crippen LogP contribution in [0.5, 0.6) is 0 Å². The van der Waals surface area contributed by atoms with Gasteiger partial charge in [0.25, 0.3) is 0 Å². The summed E-state index contributed by atoms with van der Waals surface area (Å²) in [6, 6.07) is 2.16. The molecule has 2 nitrogen and oxygen atoms in total. The average molecular weight is 262 g/mol. The van der Waals surface area contributed by atoms with Gasteiger partial charge in [0, 0.05) is 12.2 Å². The van der Waals surface area contributed by atoms with Crippen LogP contribution in [0.4, 0.5) is 0 Å². The van der Waals surface area contributed by atoms with Gasteiger partial charge in [0.05, 0.1) is 0 Å². The molecule has 3 heteroatoms. The minimum atomic E-state index is 0.0817. The smallest absolute Gasteiger partial charge is 0.104 e. The Morgan fingerprint density at radius 3 is 2.73 bits per heavy atom. The zero-order chi connectivity index (χ0) is 8.43. The molecule has 0 saturated heterocycles. The zero-order valence-corrected chi connectivity index (χ0v) is 8.79. The fourth-order valence-electron chi connectivity index (χ4n) is 0.829. The largest absolute Gasteiger partial charge is 0.324 e. The predicted molar refractivity (Wildman–Crippen MR) is 54.3 cm³/mol. The van der Waals surface area contributed by atoms with Crippen LogP contribution in [0.3, 0.4) is 0 Å².